The van der Waals surface area contributed by atoms with Crippen molar-refractivity contribution >= 4 is 86.8 Å². The van der Waals surface area contributed by atoms with E-state index in [0.29, 0.717) is 6.54 Å². The van der Waals surface area contributed by atoms with E-state index in [2.05, 4.69) is 74.3 Å². The summed E-state index contributed by atoms with van der Waals surface area (Å²) in [6, 6.07) is -9.64. The summed E-state index contributed by atoms with van der Waals surface area (Å²) in [5, 5.41) is 140. The molecule has 107 heavy (non-hydrogen) atoms. The molecule has 25 atom stereocenters. The van der Waals surface area contributed by atoms with Gasteiger partial charge >= 0.3 is 6.09 Å². The SMILES string of the molecule is Cc1c(N)nc([C@H](CC(N)=O)NC[C@H](N)C(N)=O)nc1C(=O)N[C@H](C(=O)N[C@H](C)[C@@H](O)CC(=O)N[C@H](C(=O)NC(O[C@@H]1O[C@@H](C)[C@@H](N)[C@@H](O)[C@H]1O)C(O)c1nc(-c2nc(C(=O)NCCC[S+](C)C)cs2)cs1)[C@@H](C)O)[C@@H](O[C@@H]1O[C@@H](CO)[C@@H](O)[C@H](O)[C@@H]1O[C@H]1O[C@H](CO)[C@@H](O)[C@H](OC(N)=O)[C@@H]1O)c1cnc[nH]1. The van der Waals surface area contributed by atoms with Crippen LogP contribution in [0.25, 0.3) is 10.7 Å². The first-order valence-corrected chi connectivity index (χ1v) is 37.0. The van der Waals surface area contributed by atoms with Crippen molar-refractivity contribution in [1.29, 1.82) is 0 Å². The number of ether oxygens (including phenoxy) is 7. The number of nitrogen functional groups attached to an aromatic ring is 1. The standard InChI is InChI=1S/C60H92N18O26S3/c1-19-34(75-49(77-47(19)64)24(10-31(62)83)69-12-23(61)48(65)92)51(94)76-36(44(25-13-67-18-70-25)101-59-46(40(88)37(85)29(14-79)100-59)102-58-42(90)45(103-60(66)97)38(86)30(15-80)99-58)53(96)71-20(2)28(82)11-32(84)74-35(21(3)81)52(95)78-54(104-57-41(89)39(87)33(63)22(4)98-57)43(91)56-73-27(17-106-56)55-72-26(16-105-55)50(93)68-8-7-9-107(5)6/h13,16-18,20-24,28-30,33,35-46,54,57-59,69,79-82,85-91H,7-12,14-15,61,63H2,1-6H3,(H13-,62,64,65,66,67,68,70,71,74,75,76,77,78,83,84,92,93,94,95,96,97)/p+1/t20-,21-,22+,23+,24+,28+,29+,30-,33-,35+,36+,37-,38-,39-,40+,41-,42+,43?,44+,45+,46+,54?,57+,58-,59+/m1/s1. The minimum Gasteiger partial charge on any atom is -0.441 e. The minimum absolute atomic E-state index is 0.102. The second-order valence-corrected chi connectivity index (χ2v) is 29.7. The number of nitrogens with two attached hydrogens (primary N) is 6. The molecular weight excluding hydrogens is 1480 g/mol. The number of nitrogens with zero attached hydrogens (tertiary/aromatic N) is 5. The highest BCUT2D eigenvalue weighted by Crippen LogP contribution is 2.36. The molecule has 4 aromatic heterocycles. The van der Waals surface area contributed by atoms with Gasteiger partial charge in [-0.1, -0.05) is 0 Å². The van der Waals surface area contributed by atoms with Crippen LogP contribution in [-0.4, -0.2) is 313 Å². The lowest BCUT2D eigenvalue weighted by atomic mass is 9.97. The Kier molecular flexibility index (Phi) is 31.8. The molecule has 3 aliphatic heterocycles. The molecule has 4 aromatic rings. The van der Waals surface area contributed by atoms with Crippen LogP contribution in [0.1, 0.15) is 101 Å². The predicted octanol–water partition coefficient (Wildman–Crippen LogP) is -10.3. The number of carbonyl (C=O) groups is 8. The van der Waals surface area contributed by atoms with Crippen LogP contribution in [0.15, 0.2) is 23.3 Å². The van der Waals surface area contributed by atoms with Gasteiger partial charge in [0.2, 0.25) is 29.5 Å². The molecule has 7 rings (SSSR count). The van der Waals surface area contributed by atoms with Gasteiger partial charge in [0, 0.05) is 42.3 Å². The van der Waals surface area contributed by atoms with Crippen molar-refractivity contribution in [1.82, 2.24) is 61.8 Å². The fourth-order valence-corrected chi connectivity index (χ4v) is 13.4. The fraction of sp³-hybridized carbons (Fsp3) is 0.650. The number of hydrogen-bond donors (Lipinski definition) is 24. The first-order chi connectivity index (χ1) is 50.4. The van der Waals surface area contributed by atoms with E-state index in [1.165, 1.54) is 24.6 Å². The number of aromatic amines is 1. The van der Waals surface area contributed by atoms with Crippen LogP contribution in [0.3, 0.4) is 0 Å². The van der Waals surface area contributed by atoms with Crippen LogP contribution in [0, 0.1) is 6.92 Å². The van der Waals surface area contributed by atoms with Crippen molar-refractivity contribution < 1.29 is 128 Å². The number of aliphatic hydroxyl groups is 11. The molecule has 3 saturated heterocycles. The lowest BCUT2D eigenvalue weighted by Crippen LogP contribution is -2.65. The number of primary amides is 3. The monoisotopic (exact) mass is 1580 g/mol. The van der Waals surface area contributed by atoms with Crippen LogP contribution in [0.4, 0.5) is 10.6 Å². The molecule has 0 radical (unpaired) electrons. The highest BCUT2D eigenvalue weighted by molar-refractivity contribution is 7.95. The first-order valence-electron chi connectivity index (χ1n) is 33.1. The van der Waals surface area contributed by atoms with Gasteiger partial charge in [-0.15, -0.1) is 22.7 Å². The van der Waals surface area contributed by atoms with E-state index >= 15 is 4.79 Å². The number of imidazole rings is 1. The number of anilines is 1. The Bertz CT molecular complexity index is 3650. The quantitative estimate of drug-likeness (QED) is 0.0113. The van der Waals surface area contributed by atoms with Crippen molar-refractivity contribution in [3.8, 4) is 10.7 Å². The normalized spacial score (nSPS) is 27.4. The van der Waals surface area contributed by atoms with E-state index in [1.54, 1.807) is 0 Å². The molecule has 0 saturated carbocycles. The molecule has 7 heterocycles. The Morgan fingerprint density at radius 2 is 1.42 bits per heavy atom. The topological polar surface area (TPSA) is 732 Å². The predicted molar refractivity (Wildman–Crippen MR) is 370 cm³/mol. The summed E-state index contributed by atoms with van der Waals surface area (Å²) in [7, 11) is 0.176. The Labute approximate surface area is 620 Å². The van der Waals surface area contributed by atoms with Gasteiger partial charge in [0.1, 0.15) is 118 Å². The van der Waals surface area contributed by atoms with Gasteiger partial charge < -0.3 is 161 Å². The first kappa shape index (κ1) is 86.7. The van der Waals surface area contributed by atoms with Gasteiger partial charge in [0.25, 0.3) is 11.8 Å². The molecule has 3 aliphatic rings. The molecular formula is C60H93N18O26S3+. The number of H-pyrrole nitrogens is 1. The van der Waals surface area contributed by atoms with Crippen LogP contribution < -0.4 is 66.3 Å². The van der Waals surface area contributed by atoms with Crippen LogP contribution in [0.2, 0.25) is 0 Å². The van der Waals surface area contributed by atoms with Crippen LogP contribution in [-0.2, 0) is 68.0 Å². The maximum absolute atomic E-state index is 15.3. The second-order valence-electron chi connectivity index (χ2n) is 25.6. The highest BCUT2D eigenvalue weighted by atomic mass is 32.2. The molecule has 44 nitrogen and oxygen atoms in total. The Hall–Kier alpha value is -7.54. The Morgan fingerprint density at radius 3 is 2.05 bits per heavy atom. The Balaban J connectivity index is 1.18. The van der Waals surface area contributed by atoms with Crippen molar-refractivity contribution in [2.45, 2.75) is 200 Å². The van der Waals surface area contributed by atoms with Gasteiger partial charge in [-0.25, -0.2) is 29.7 Å². The number of rotatable bonds is 37. The van der Waals surface area contributed by atoms with E-state index in [9.17, 15) is 89.7 Å². The van der Waals surface area contributed by atoms with Crippen molar-refractivity contribution in [2.24, 2.45) is 28.7 Å². The molecule has 3 fully saturated rings. The van der Waals surface area contributed by atoms with E-state index in [4.69, 9.17) is 67.6 Å². The third-order valence-electron chi connectivity index (χ3n) is 17.2. The summed E-state index contributed by atoms with van der Waals surface area (Å²) in [5.74, 6) is -7.32. The van der Waals surface area contributed by atoms with Gasteiger partial charge in [-0.2, -0.15) is 0 Å². The zero-order valence-electron chi connectivity index (χ0n) is 58.4. The number of aliphatic hydroxyl groups excluding tert-OH is 11. The van der Waals surface area contributed by atoms with Gasteiger partial charge in [0.05, 0.1) is 92.8 Å². The lowest BCUT2D eigenvalue weighted by molar-refractivity contribution is -0.372. The number of amides is 8. The molecule has 0 aromatic carbocycles. The van der Waals surface area contributed by atoms with E-state index < -0.39 is 250 Å². The maximum Gasteiger partial charge on any atom is 0.404 e. The largest absolute Gasteiger partial charge is 0.441 e. The lowest BCUT2D eigenvalue weighted by Gasteiger charge is -2.47. The zero-order valence-corrected chi connectivity index (χ0v) is 60.8. The highest BCUT2D eigenvalue weighted by Gasteiger charge is 2.54. The number of carbonyl (C=O) groups excluding carboxylic acids is 8. The number of aromatic nitrogens is 6. The van der Waals surface area contributed by atoms with Crippen LogP contribution in [0.5, 0.6) is 0 Å². The number of nitrogens with one attached hydrogen (secondary N) is 7. The van der Waals surface area contributed by atoms with Crippen molar-refractivity contribution in [2.75, 3.05) is 50.3 Å². The summed E-state index contributed by atoms with van der Waals surface area (Å²) in [4.78, 5) is 132. The van der Waals surface area contributed by atoms with Crippen molar-refractivity contribution in [3.05, 3.63) is 56.8 Å². The van der Waals surface area contributed by atoms with Gasteiger partial charge in [-0.05, 0) is 38.6 Å². The Morgan fingerprint density at radius 1 is 0.748 bits per heavy atom. The second kappa shape index (κ2) is 39.2. The molecule has 30 N–H and O–H groups in total. The van der Waals surface area contributed by atoms with E-state index in [0.717, 1.165) is 61.2 Å². The summed E-state index contributed by atoms with van der Waals surface area (Å²) in [5.41, 5.74) is 33.5. The molecule has 0 spiro atoms. The summed E-state index contributed by atoms with van der Waals surface area (Å²) in [6.45, 7) is 2.91. The average molecular weight is 1580 g/mol. The van der Waals surface area contributed by atoms with Crippen LogP contribution >= 0.6 is 22.7 Å². The van der Waals surface area contributed by atoms with E-state index in [-0.39, 0.29) is 43.6 Å². The molecule has 8 amide bonds. The maximum atomic E-state index is 15.3. The average Bonchev–Trinajstić information content (AvgIpc) is 1.31. The van der Waals surface area contributed by atoms with Gasteiger partial charge in [-0.3, -0.25) is 33.6 Å². The molecule has 47 heteroatoms. The summed E-state index contributed by atoms with van der Waals surface area (Å²) in [6.07, 6.45) is -32.7. The third kappa shape index (κ3) is 22.6. The summed E-state index contributed by atoms with van der Waals surface area (Å²) < 4.78 is 40.4. The molecule has 0 aliphatic carbocycles. The van der Waals surface area contributed by atoms with E-state index in [1.807, 2.05) is 0 Å². The molecule has 596 valence electrons. The van der Waals surface area contributed by atoms with Gasteiger partial charge in [0.15, 0.2) is 37.3 Å². The molecule has 2 unspecified atom stereocenters. The minimum atomic E-state index is -2.26. The molecule has 0 bridgehead atoms. The third-order valence-corrected chi connectivity index (χ3v) is 20.1. The summed E-state index contributed by atoms with van der Waals surface area (Å²) >= 11 is 1.92. The smallest absolute Gasteiger partial charge is 0.404 e. The zero-order chi connectivity index (χ0) is 79.2. The van der Waals surface area contributed by atoms with Crippen molar-refractivity contribution in [3.63, 3.8) is 0 Å². The fourth-order valence-electron chi connectivity index (χ4n) is 11.0. The number of hydrogen-bond acceptors (Lipinski definition) is 37. The number of thiazole rings is 2.